The fraction of sp³-hybridized carbons (Fsp3) is 0.125. The van der Waals surface area contributed by atoms with Gasteiger partial charge in [0.05, 0.1) is 0 Å². The molecule has 0 bridgehead atoms. The fourth-order valence-corrected chi connectivity index (χ4v) is 0.342. The minimum absolute atomic E-state index is 0. The standard InChI is InChI=1S/C6H5.C2HF3O2.Zn/c1-2-4-6-5-3-1;3-2(4,5)1(6)7;/h1-5H;(H,6,7);/p-1. The van der Waals surface area contributed by atoms with Crippen molar-refractivity contribution >= 4 is 5.97 Å². The molecule has 0 heterocycles. The quantitative estimate of drug-likeness (QED) is 0.643. The van der Waals surface area contributed by atoms with Crippen LogP contribution >= 0.6 is 0 Å². The molecule has 0 aliphatic heterocycles. The predicted molar refractivity (Wildman–Crippen MR) is 36.3 cm³/mol. The zero-order valence-corrected chi connectivity index (χ0v) is 10.0. The number of hydrogen-bond donors (Lipinski definition) is 0. The van der Waals surface area contributed by atoms with Gasteiger partial charge in [0.25, 0.3) is 0 Å². The second kappa shape index (κ2) is 7.50. The van der Waals surface area contributed by atoms with Crippen LogP contribution in [0.2, 0.25) is 0 Å². The minimum atomic E-state index is -5.19. The zero-order valence-electron chi connectivity index (χ0n) is 7.04. The van der Waals surface area contributed by atoms with Crippen LogP contribution in [0, 0.1) is 6.07 Å². The SMILES string of the molecule is O=C([O-])C(F)(F)F.[Zn].[c]1ccccc1. The molecule has 0 unspecified atom stereocenters. The maximum absolute atomic E-state index is 10.5. The summed E-state index contributed by atoms with van der Waals surface area (Å²) in [7, 11) is 0. The van der Waals surface area contributed by atoms with E-state index in [9.17, 15) is 13.2 Å². The second-order valence-electron chi connectivity index (χ2n) is 1.86. The first-order chi connectivity index (χ1) is 5.94. The molecule has 2 nitrogen and oxygen atoms in total. The minimum Gasteiger partial charge on any atom is -0.542 e. The van der Waals surface area contributed by atoms with E-state index >= 15 is 0 Å². The Morgan fingerprint density at radius 2 is 1.50 bits per heavy atom. The van der Waals surface area contributed by atoms with Gasteiger partial charge in [0, 0.05) is 19.5 Å². The molecule has 0 saturated heterocycles. The smallest absolute Gasteiger partial charge is 0.430 e. The summed E-state index contributed by atoms with van der Waals surface area (Å²) in [6.45, 7) is 0. The topological polar surface area (TPSA) is 40.1 Å². The van der Waals surface area contributed by atoms with Crippen LogP contribution in [0.3, 0.4) is 0 Å². The number of carbonyl (C=O) groups excluding carboxylic acids is 1. The van der Waals surface area contributed by atoms with Gasteiger partial charge in [0.2, 0.25) is 0 Å². The van der Waals surface area contributed by atoms with Gasteiger partial charge in [-0.1, -0.05) is 30.3 Å². The van der Waals surface area contributed by atoms with E-state index in [1.54, 1.807) is 0 Å². The first-order valence-corrected chi connectivity index (χ1v) is 3.14. The Morgan fingerprint density at radius 3 is 1.57 bits per heavy atom. The fourth-order valence-electron chi connectivity index (χ4n) is 0.342. The number of halogens is 3. The van der Waals surface area contributed by atoms with Crippen LogP contribution in [-0.4, -0.2) is 12.1 Å². The van der Waals surface area contributed by atoms with Crippen LogP contribution in [0.5, 0.6) is 0 Å². The summed E-state index contributed by atoms with van der Waals surface area (Å²) in [5.74, 6) is -3.01. The molecule has 1 aromatic rings. The van der Waals surface area contributed by atoms with Crippen molar-refractivity contribution in [3.63, 3.8) is 0 Å². The van der Waals surface area contributed by atoms with E-state index in [0.29, 0.717) is 0 Å². The van der Waals surface area contributed by atoms with Crippen molar-refractivity contribution < 1.29 is 42.6 Å². The van der Waals surface area contributed by atoms with Gasteiger partial charge in [-0.05, 0) is 6.07 Å². The summed E-state index contributed by atoms with van der Waals surface area (Å²) in [6.07, 6.45) is -5.19. The molecule has 0 atom stereocenters. The third kappa shape index (κ3) is 9.19. The van der Waals surface area contributed by atoms with Crippen molar-refractivity contribution in [3.05, 3.63) is 36.4 Å². The van der Waals surface area contributed by atoms with Crippen molar-refractivity contribution in [1.29, 1.82) is 0 Å². The maximum atomic E-state index is 10.5. The van der Waals surface area contributed by atoms with Gasteiger partial charge in [-0.15, -0.1) is 0 Å². The van der Waals surface area contributed by atoms with Crippen molar-refractivity contribution in [2.45, 2.75) is 6.18 Å². The van der Waals surface area contributed by atoms with Crippen molar-refractivity contribution in [2.75, 3.05) is 0 Å². The molecule has 14 heavy (non-hydrogen) atoms. The van der Waals surface area contributed by atoms with E-state index in [1.165, 1.54) is 0 Å². The average molecular weight is 256 g/mol. The summed E-state index contributed by atoms with van der Waals surface area (Å²) in [6, 6.07) is 12.5. The van der Waals surface area contributed by atoms with E-state index in [1.807, 2.05) is 30.3 Å². The van der Waals surface area contributed by atoms with E-state index in [0.717, 1.165) is 0 Å². The van der Waals surface area contributed by atoms with E-state index in [-0.39, 0.29) is 19.5 Å². The molecule has 0 aliphatic carbocycles. The van der Waals surface area contributed by atoms with Gasteiger partial charge >= 0.3 is 6.18 Å². The van der Waals surface area contributed by atoms with Gasteiger partial charge in [0.1, 0.15) is 5.97 Å². The molecular weight excluding hydrogens is 250 g/mol. The summed E-state index contributed by atoms with van der Waals surface area (Å²) < 4.78 is 31.5. The summed E-state index contributed by atoms with van der Waals surface area (Å²) in [4.78, 5) is 8.78. The van der Waals surface area contributed by atoms with Crippen LogP contribution in [-0.2, 0) is 24.3 Å². The van der Waals surface area contributed by atoms with Crippen LogP contribution in [0.4, 0.5) is 13.2 Å². The number of hydrogen-bond acceptors (Lipinski definition) is 2. The number of aliphatic carboxylic acids is 1. The van der Waals surface area contributed by atoms with Crippen molar-refractivity contribution in [3.8, 4) is 0 Å². The second-order valence-corrected chi connectivity index (χ2v) is 1.86. The Labute approximate surface area is 91.5 Å². The number of carbonyl (C=O) groups is 1. The van der Waals surface area contributed by atoms with Crippen LogP contribution in [0.15, 0.2) is 30.3 Å². The van der Waals surface area contributed by atoms with E-state index in [4.69, 9.17) is 9.90 Å². The normalized spacial score (nSPS) is 9.07. The summed E-state index contributed by atoms with van der Waals surface area (Å²) in [5.41, 5.74) is 0. The van der Waals surface area contributed by atoms with Gasteiger partial charge in [-0.3, -0.25) is 0 Å². The van der Waals surface area contributed by atoms with Crippen LogP contribution in [0.25, 0.3) is 0 Å². The first kappa shape index (κ1) is 15.6. The van der Waals surface area contributed by atoms with Crippen molar-refractivity contribution in [1.82, 2.24) is 0 Å². The first-order valence-electron chi connectivity index (χ1n) is 3.14. The molecule has 1 aromatic carbocycles. The van der Waals surface area contributed by atoms with E-state index in [2.05, 4.69) is 6.07 Å². The molecule has 0 spiro atoms. The molecule has 0 N–H and O–H groups in total. The number of rotatable bonds is 0. The molecule has 1 radical (unpaired) electrons. The Bertz CT molecular complexity index is 222. The van der Waals surface area contributed by atoms with Gasteiger partial charge in [-0.2, -0.15) is 13.2 Å². The van der Waals surface area contributed by atoms with E-state index < -0.39 is 12.1 Å². The van der Waals surface area contributed by atoms with Crippen LogP contribution in [0.1, 0.15) is 0 Å². The van der Waals surface area contributed by atoms with Gasteiger partial charge < -0.3 is 9.90 Å². The number of alkyl halides is 3. The average Bonchev–Trinajstić information content (AvgIpc) is 2.07. The summed E-state index contributed by atoms with van der Waals surface area (Å²) >= 11 is 0. The molecule has 1 rings (SSSR count). The molecule has 6 heteroatoms. The summed E-state index contributed by atoms with van der Waals surface area (Å²) in [5, 5.41) is 8.78. The van der Waals surface area contributed by atoms with Gasteiger partial charge in [-0.25, -0.2) is 0 Å². The monoisotopic (exact) mass is 254 g/mol. The third-order valence-corrected chi connectivity index (χ3v) is 0.839. The molecule has 0 amide bonds. The Hall–Kier alpha value is -0.897. The largest absolute Gasteiger partial charge is 0.542 e. The molecule has 0 aliphatic rings. The number of carboxylic acids is 1. The van der Waals surface area contributed by atoms with Gasteiger partial charge in [0.15, 0.2) is 0 Å². The maximum Gasteiger partial charge on any atom is 0.430 e. The number of benzene rings is 1. The molecule has 0 aromatic heterocycles. The molecular formula is C8H5F3O2Zn-. The number of carboxylic acid groups (broad SMARTS) is 1. The Balaban J connectivity index is 0. The predicted octanol–water partition coefficient (Wildman–Crippen LogP) is 0.783. The van der Waals surface area contributed by atoms with Crippen molar-refractivity contribution in [2.24, 2.45) is 0 Å². The molecule has 0 fully saturated rings. The Morgan fingerprint density at radius 1 is 1.14 bits per heavy atom. The molecule has 73 valence electrons. The Kier molecular flexibility index (Phi) is 8.34. The zero-order chi connectivity index (χ0) is 10.3. The third-order valence-electron chi connectivity index (χ3n) is 0.839. The van der Waals surface area contributed by atoms with Crippen LogP contribution < -0.4 is 5.11 Å². The molecule has 0 saturated carbocycles.